The number of aliphatic carboxylic acids is 1. The zero-order valence-electron chi connectivity index (χ0n) is 47.6. The van der Waals surface area contributed by atoms with Gasteiger partial charge < -0.3 is 74.4 Å². The molecule has 0 aliphatic carbocycles. The molecule has 0 radical (unpaired) electrons. The van der Waals surface area contributed by atoms with E-state index in [2.05, 4.69) is 62.8 Å². The number of para-hydroxylation sites is 1. The largest absolute Gasteiger partial charge is 0.481 e. The number of nitrogens with one attached hydrogen (secondary N) is 12. The number of benzene rings is 3. The molecule has 0 unspecified atom stereocenters. The maximum absolute atomic E-state index is 15.0. The SMILES string of the molecule is CCCC[C@@H]1NC(=O)N(CC(=O)N[C@H]2CSSC[C@@H](C(N)=O)NC(=O)[C@H](Cc3c[nH]c4ccccc34)NC(=O)[C@H](CCCNC(=N)N)NC(=O)[C@@H](Cc3ccc4ccccc4c3)NC(=O)[C@H](Cc3cnc[nH]3)NC(=O)[C@H](CCCC(=O)O)NC2=O)C1=O. The van der Waals surface area contributed by atoms with Gasteiger partial charge in [0, 0.05) is 72.7 Å². The number of hydrogen-bond acceptors (Lipinski definition) is 15. The number of nitrogens with zero attached hydrogens (tertiary/aromatic N) is 2. The molecule has 5 aromatic rings. The summed E-state index contributed by atoms with van der Waals surface area (Å²) in [4.78, 5) is 164. The molecule has 2 aromatic heterocycles. The highest BCUT2D eigenvalue weighted by Gasteiger charge is 2.40. The van der Waals surface area contributed by atoms with E-state index in [1.54, 1.807) is 30.5 Å². The molecule has 8 atom stereocenters. The number of primary amides is 1. The molecular formula is C57H72N16O12S2. The number of aromatic amines is 2. The number of carbonyl (C=O) groups excluding carboxylic acids is 10. The molecule has 0 saturated carbocycles. The number of guanidine groups is 1. The minimum Gasteiger partial charge on any atom is -0.481 e. The number of carbonyl (C=O) groups is 11. The molecule has 87 heavy (non-hydrogen) atoms. The molecular weight excluding hydrogens is 1160 g/mol. The maximum atomic E-state index is 15.0. The normalized spacial score (nSPS) is 22.2. The number of nitrogens with two attached hydrogens (primary N) is 2. The van der Waals surface area contributed by atoms with Crippen LogP contribution in [-0.4, -0.2) is 169 Å². The second-order valence-electron chi connectivity index (χ2n) is 21.0. The molecule has 17 N–H and O–H groups in total. The van der Waals surface area contributed by atoms with Crippen molar-refractivity contribution in [1.82, 2.24) is 67.7 Å². The van der Waals surface area contributed by atoms with E-state index >= 15 is 4.79 Å². The highest BCUT2D eigenvalue weighted by molar-refractivity contribution is 8.76. The van der Waals surface area contributed by atoms with Gasteiger partial charge in [0.15, 0.2) is 5.96 Å². The summed E-state index contributed by atoms with van der Waals surface area (Å²) in [5.41, 5.74) is 13.7. The van der Waals surface area contributed by atoms with Crippen molar-refractivity contribution in [3.05, 3.63) is 102 Å². The van der Waals surface area contributed by atoms with Crippen molar-refractivity contribution in [2.24, 2.45) is 11.5 Å². The summed E-state index contributed by atoms with van der Waals surface area (Å²) >= 11 is 0. The van der Waals surface area contributed by atoms with E-state index in [9.17, 15) is 53.1 Å². The molecule has 0 spiro atoms. The quantitative estimate of drug-likeness (QED) is 0.0151. The van der Waals surface area contributed by atoms with Crippen LogP contribution in [0.15, 0.2) is 85.5 Å². The number of H-pyrrole nitrogens is 2. The van der Waals surface area contributed by atoms with Crippen LogP contribution in [0.25, 0.3) is 21.7 Å². The third-order valence-corrected chi connectivity index (χ3v) is 16.9. The summed E-state index contributed by atoms with van der Waals surface area (Å²) in [5.74, 6) is -10.2. The third kappa shape index (κ3) is 19.2. The fraction of sp³-hybridized carbons (Fsp3) is 0.421. The first-order valence-electron chi connectivity index (χ1n) is 28.3. The molecule has 464 valence electrons. The van der Waals surface area contributed by atoms with Crippen LogP contribution in [0.4, 0.5) is 4.79 Å². The Kier molecular flexibility index (Phi) is 23.9. The number of carboxylic acid groups (broad SMARTS) is 1. The van der Waals surface area contributed by atoms with E-state index in [1.807, 2.05) is 49.4 Å². The predicted molar refractivity (Wildman–Crippen MR) is 324 cm³/mol. The average molecular weight is 1240 g/mol. The van der Waals surface area contributed by atoms with Gasteiger partial charge in [-0.25, -0.2) is 9.78 Å². The van der Waals surface area contributed by atoms with Crippen molar-refractivity contribution in [2.75, 3.05) is 24.6 Å². The lowest BCUT2D eigenvalue weighted by molar-refractivity contribution is -0.137. The Morgan fingerprint density at radius 2 is 1.29 bits per heavy atom. The topological polar surface area (TPSA) is 440 Å². The summed E-state index contributed by atoms with van der Waals surface area (Å²) in [6.07, 6.45) is 4.55. The Hall–Kier alpha value is -9.19. The summed E-state index contributed by atoms with van der Waals surface area (Å²) in [7, 11) is 1.87. The van der Waals surface area contributed by atoms with Crippen LogP contribution in [0.1, 0.15) is 75.1 Å². The number of fused-ring (bicyclic) bond motifs is 2. The second-order valence-corrected chi connectivity index (χ2v) is 23.6. The first kappa shape index (κ1) is 65.4. The maximum Gasteiger partial charge on any atom is 0.325 e. The Bertz CT molecular complexity index is 3330. The highest BCUT2D eigenvalue weighted by Crippen LogP contribution is 2.25. The smallest absolute Gasteiger partial charge is 0.325 e. The van der Waals surface area contributed by atoms with E-state index in [-0.39, 0.29) is 69.0 Å². The number of urea groups is 1. The zero-order chi connectivity index (χ0) is 62.6. The molecule has 30 heteroatoms. The van der Waals surface area contributed by atoms with E-state index < -0.39 is 126 Å². The number of imide groups is 1. The minimum absolute atomic E-state index is 0.0826. The number of carboxylic acids is 1. The number of unbranched alkanes of at least 4 members (excludes halogenated alkanes) is 1. The van der Waals surface area contributed by atoms with Crippen LogP contribution in [-0.2, 0) is 67.2 Å². The van der Waals surface area contributed by atoms with Gasteiger partial charge in [0.05, 0.1) is 6.33 Å². The van der Waals surface area contributed by atoms with Crippen LogP contribution in [0.2, 0.25) is 0 Å². The van der Waals surface area contributed by atoms with Gasteiger partial charge in [-0.3, -0.25) is 58.3 Å². The Morgan fingerprint density at radius 3 is 1.97 bits per heavy atom. The summed E-state index contributed by atoms with van der Waals surface area (Å²) in [6.45, 7) is 1.19. The fourth-order valence-electron chi connectivity index (χ4n) is 9.85. The van der Waals surface area contributed by atoms with Crippen molar-refractivity contribution in [3.63, 3.8) is 0 Å². The standard InChI is InChI=1S/C57H72N16O12S2/c1-2-3-13-40-55(84)73(57(85)72-40)27-46(74)65-45-29-87-86-28-44(48(58)77)71-52(81)42(23-34-25-63-37-14-7-6-12-36(34)37)69-50(79)39(16-9-20-62-56(59)60)66-51(80)41(22-31-18-19-32-10-4-5-11-33(32)21-31)68-53(82)43(24-35-26-61-30-64-35)70-49(78)38(67-54(45)83)15-8-17-47(75)76/h4-7,10-12,14,18-19,21,25-26,30,38-45,63H,2-3,8-9,13,15-17,20,22-24,27-29H2,1H3,(H2,58,77)(H,61,64)(H,65,74)(H,66,80)(H,67,83)(H,68,82)(H,69,79)(H,70,78)(H,71,81)(H,72,85)(H,75,76)(H4,59,60,62)/t38-,39-,40-,41+,42-,43-,44-,45-/m0/s1. The molecule has 3 aromatic carbocycles. The number of imidazole rings is 1. The van der Waals surface area contributed by atoms with E-state index in [1.165, 1.54) is 12.5 Å². The fourth-order valence-corrected chi connectivity index (χ4v) is 12.2. The van der Waals surface area contributed by atoms with Crippen molar-refractivity contribution in [2.45, 2.75) is 126 Å². The lowest BCUT2D eigenvalue weighted by atomic mass is 9.99. The van der Waals surface area contributed by atoms with Crippen LogP contribution in [0.3, 0.4) is 0 Å². The van der Waals surface area contributed by atoms with Gasteiger partial charge in [-0.15, -0.1) is 0 Å². The average Bonchev–Trinajstić information content (AvgIpc) is 2.87. The van der Waals surface area contributed by atoms with E-state index in [4.69, 9.17) is 16.9 Å². The molecule has 4 heterocycles. The van der Waals surface area contributed by atoms with Gasteiger partial charge in [-0.05, 0) is 60.1 Å². The number of hydrogen-bond donors (Lipinski definition) is 15. The Labute approximate surface area is 507 Å². The molecule has 7 rings (SSSR count). The Balaban J connectivity index is 1.28. The molecule has 2 aliphatic heterocycles. The number of amides is 11. The van der Waals surface area contributed by atoms with Crippen LogP contribution >= 0.6 is 21.6 Å². The van der Waals surface area contributed by atoms with Crippen LogP contribution < -0.4 is 59.3 Å². The van der Waals surface area contributed by atoms with Gasteiger partial charge in [-0.2, -0.15) is 0 Å². The van der Waals surface area contributed by atoms with Gasteiger partial charge in [-0.1, -0.05) is 102 Å². The van der Waals surface area contributed by atoms with Gasteiger partial charge in [0.25, 0.3) is 5.91 Å². The summed E-state index contributed by atoms with van der Waals surface area (Å²) in [5, 5.41) is 43.7. The monoisotopic (exact) mass is 1240 g/mol. The second kappa shape index (κ2) is 31.8. The van der Waals surface area contributed by atoms with Crippen molar-refractivity contribution >= 4 is 114 Å². The van der Waals surface area contributed by atoms with Gasteiger partial charge in [0.2, 0.25) is 47.3 Å². The first-order chi connectivity index (χ1) is 41.8. The third-order valence-electron chi connectivity index (χ3n) is 14.5. The predicted octanol–water partition coefficient (Wildman–Crippen LogP) is -0.0252. The molecule has 2 aliphatic rings. The van der Waals surface area contributed by atoms with Gasteiger partial charge >= 0.3 is 12.0 Å². The van der Waals surface area contributed by atoms with Crippen molar-refractivity contribution in [3.8, 4) is 0 Å². The van der Waals surface area contributed by atoms with E-state index in [0.717, 1.165) is 38.8 Å². The molecule has 28 nitrogen and oxygen atoms in total. The molecule has 11 amide bonds. The number of rotatable bonds is 21. The first-order valence-corrected chi connectivity index (χ1v) is 30.8. The highest BCUT2D eigenvalue weighted by atomic mass is 33.1. The van der Waals surface area contributed by atoms with Crippen molar-refractivity contribution in [1.29, 1.82) is 5.41 Å². The zero-order valence-corrected chi connectivity index (χ0v) is 49.2. The summed E-state index contributed by atoms with van der Waals surface area (Å²) < 4.78 is 0. The summed E-state index contributed by atoms with van der Waals surface area (Å²) in [6, 6.07) is 7.85. The van der Waals surface area contributed by atoms with Crippen molar-refractivity contribution < 1.29 is 57.8 Å². The lowest BCUT2D eigenvalue weighted by Crippen LogP contribution is -2.61. The molecule has 2 saturated heterocycles. The molecule has 0 bridgehead atoms. The minimum atomic E-state index is -1.59. The van der Waals surface area contributed by atoms with Crippen LogP contribution in [0, 0.1) is 5.41 Å². The Morgan fingerprint density at radius 1 is 0.678 bits per heavy atom. The number of aromatic nitrogens is 3. The van der Waals surface area contributed by atoms with Gasteiger partial charge in [0.1, 0.15) is 54.9 Å². The van der Waals surface area contributed by atoms with Crippen LogP contribution in [0.5, 0.6) is 0 Å². The lowest BCUT2D eigenvalue weighted by Gasteiger charge is -2.28. The van der Waals surface area contributed by atoms with E-state index in [0.29, 0.717) is 45.5 Å². The molecule has 2 fully saturated rings.